The molecule has 1 aliphatic rings. The lowest BCUT2D eigenvalue weighted by atomic mass is 10.1. The second-order valence-electron chi connectivity index (χ2n) is 5.13. The van der Waals surface area contributed by atoms with E-state index in [1.165, 1.54) is 0 Å². The van der Waals surface area contributed by atoms with E-state index in [0.29, 0.717) is 5.39 Å². The van der Waals surface area contributed by atoms with Gasteiger partial charge in [-0.3, -0.25) is 0 Å². The van der Waals surface area contributed by atoms with Crippen molar-refractivity contribution in [1.82, 2.24) is 0 Å². The highest BCUT2D eigenvalue weighted by Crippen LogP contribution is 2.32. The first kappa shape index (κ1) is 15.2. The highest BCUT2D eigenvalue weighted by molar-refractivity contribution is 7.92. The molecule has 1 fully saturated rings. The number of nitrogens with zero attached hydrogens (tertiary/aromatic N) is 1. The van der Waals surface area contributed by atoms with Crippen molar-refractivity contribution in [2.75, 3.05) is 32.6 Å². The van der Waals surface area contributed by atoms with E-state index in [0.717, 1.165) is 11.1 Å². The van der Waals surface area contributed by atoms with Crippen molar-refractivity contribution in [2.24, 2.45) is 0 Å². The van der Waals surface area contributed by atoms with Crippen LogP contribution in [0, 0.1) is 0 Å². The summed E-state index contributed by atoms with van der Waals surface area (Å²) < 4.78 is 40.5. The molecule has 0 amide bonds. The van der Waals surface area contributed by atoms with Gasteiger partial charge in [-0.2, -0.15) is 0 Å². The Morgan fingerprint density at radius 1 is 1.00 bits per heavy atom. The van der Waals surface area contributed by atoms with Crippen molar-refractivity contribution in [3.63, 3.8) is 0 Å². The Hall–Kier alpha value is -1.67. The van der Waals surface area contributed by atoms with E-state index in [-0.39, 0.29) is 18.5 Å². The van der Waals surface area contributed by atoms with E-state index < -0.39 is 15.5 Å². The number of hydrogen-bond donors (Lipinski definition) is 0. The zero-order valence-corrected chi connectivity index (χ0v) is 13.2. The van der Waals surface area contributed by atoms with Crippen LogP contribution in [-0.4, -0.2) is 41.7 Å². The zero-order chi connectivity index (χ0) is 15.7. The number of benzene rings is 2. The molecule has 0 atom stereocenters. The van der Waals surface area contributed by atoms with Gasteiger partial charge in [0.2, 0.25) is 9.84 Å². The van der Waals surface area contributed by atoms with Crippen molar-refractivity contribution in [3.05, 3.63) is 36.4 Å². The molecule has 2 aromatic carbocycles. The van der Waals surface area contributed by atoms with E-state index >= 15 is 0 Å². The molecule has 1 heterocycles. The van der Waals surface area contributed by atoms with Gasteiger partial charge in [0, 0.05) is 30.6 Å². The van der Waals surface area contributed by atoms with Gasteiger partial charge in [-0.05, 0) is 12.1 Å². The smallest absolute Gasteiger partial charge is 0.271 e. The summed E-state index contributed by atoms with van der Waals surface area (Å²) in [7, 11) is 0.0606. The van der Waals surface area contributed by atoms with E-state index in [9.17, 15) is 8.42 Å². The monoisotopic (exact) mass is 323 g/mol. The second-order valence-corrected chi connectivity index (χ2v) is 7.04. The maximum atomic E-state index is 12.8. The average Bonchev–Trinajstić information content (AvgIpc) is 2.54. The lowest BCUT2D eigenvalue weighted by molar-refractivity contribution is -0.267. The number of ether oxygens (including phenoxy) is 3. The number of rotatable bonds is 3. The van der Waals surface area contributed by atoms with Gasteiger partial charge in [-0.15, -0.1) is 0 Å². The van der Waals surface area contributed by atoms with Crippen LogP contribution in [0.25, 0.3) is 10.8 Å². The summed E-state index contributed by atoms with van der Waals surface area (Å²) in [4.78, 5) is 2.14. The van der Waals surface area contributed by atoms with Gasteiger partial charge in [0.05, 0.1) is 4.90 Å². The minimum Gasteiger partial charge on any atom is -0.377 e. The Morgan fingerprint density at radius 3 is 2.32 bits per heavy atom. The van der Waals surface area contributed by atoms with Gasteiger partial charge < -0.3 is 19.1 Å². The third-order valence-corrected chi connectivity index (χ3v) is 5.22. The van der Waals surface area contributed by atoms with Crippen LogP contribution in [-0.2, 0) is 24.0 Å². The molecule has 0 bridgehead atoms. The highest BCUT2D eigenvalue weighted by Gasteiger charge is 2.33. The van der Waals surface area contributed by atoms with Gasteiger partial charge in [0.1, 0.15) is 0 Å². The Labute approximate surface area is 129 Å². The van der Waals surface area contributed by atoms with E-state index in [1.807, 2.05) is 37.2 Å². The Morgan fingerprint density at radius 2 is 1.64 bits per heavy atom. The summed E-state index contributed by atoms with van der Waals surface area (Å²) in [5.41, 5.74) is -0.391. The first-order valence-electron chi connectivity index (χ1n) is 6.76. The van der Waals surface area contributed by atoms with Crippen LogP contribution < -0.4 is 4.90 Å². The average molecular weight is 323 g/mol. The van der Waals surface area contributed by atoms with Crippen LogP contribution in [0.2, 0.25) is 0 Å². The fraction of sp³-hybridized carbons (Fsp3) is 0.333. The molecule has 0 N–H and O–H groups in total. The summed E-state index contributed by atoms with van der Waals surface area (Å²) in [6, 6.07) is 10.8. The van der Waals surface area contributed by atoms with Crippen molar-refractivity contribution in [1.29, 1.82) is 0 Å². The van der Waals surface area contributed by atoms with Gasteiger partial charge >= 0.3 is 0 Å². The molecule has 22 heavy (non-hydrogen) atoms. The van der Waals surface area contributed by atoms with Crippen LogP contribution in [0.15, 0.2) is 41.3 Å². The van der Waals surface area contributed by atoms with Gasteiger partial charge in [0.15, 0.2) is 13.6 Å². The van der Waals surface area contributed by atoms with Crippen molar-refractivity contribution in [3.8, 4) is 0 Å². The summed E-state index contributed by atoms with van der Waals surface area (Å²) in [6.07, 6.45) is 0. The first-order valence-corrected chi connectivity index (χ1v) is 8.30. The number of sulfone groups is 1. The standard InChI is InChI=1S/C15H17NO5S/c1-16(2)13-7-3-6-12-11(13)5-4-8-14(12)22(17,18)15-20-9-19-10-21-15/h3-8,15H,9-10H2,1-2H3. The third kappa shape index (κ3) is 2.56. The molecule has 7 heteroatoms. The SMILES string of the molecule is CN(C)c1cccc2c(S(=O)(=O)C3OCOCO3)cccc12. The first-order chi connectivity index (χ1) is 10.5. The molecule has 0 aliphatic carbocycles. The van der Waals surface area contributed by atoms with Crippen LogP contribution >= 0.6 is 0 Å². The quantitative estimate of drug-likeness (QED) is 0.860. The Bertz CT molecular complexity index is 782. The van der Waals surface area contributed by atoms with Crippen LogP contribution in [0.5, 0.6) is 0 Å². The summed E-state index contributed by atoms with van der Waals surface area (Å²) in [5, 5.41) is 1.51. The molecule has 3 rings (SSSR count). The van der Waals surface area contributed by atoms with Crippen molar-refractivity contribution >= 4 is 26.3 Å². The van der Waals surface area contributed by atoms with Crippen molar-refractivity contribution < 1.29 is 22.6 Å². The van der Waals surface area contributed by atoms with Gasteiger partial charge in [0.25, 0.3) is 5.62 Å². The lowest BCUT2D eigenvalue weighted by Crippen LogP contribution is -2.34. The lowest BCUT2D eigenvalue weighted by Gasteiger charge is -2.24. The molecule has 1 saturated heterocycles. The number of fused-ring (bicyclic) bond motifs is 1. The fourth-order valence-electron chi connectivity index (χ4n) is 2.47. The summed E-state index contributed by atoms with van der Waals surface area (Å²) in [6.45, 7) is -0.199. The topological polar surface area (TPSA) is 65.1 Å². The predicted molar refractivity (Wildman–Crippen MR) is 82.2 cm³/mol. The molecule has 118 valence electrons. The zero-order valence-electron chi connectivity index (χ0n) is 12.4. The predicted octanol–water partition coefficient (Wildman–Crippen LogP) is 1.94. The maximum absolute atomic E-state index is 12.8. The van der Waals surface area contributed by atoms with E-state index in [1.54, 1.807) is 18.2 Å². The largest absolute Gasteiger partial charge is 0.377 e. The highest BCUT2D eigenvalue weighted by atomic mass is 32.2. The summed E-state index contributed by atoms with van der Waals surface area (Å²) in [5.74, 6) is 0. The third-order valence-electron chi connectivity index (χ3n) is 3.48. The molecule has 6 nitrogen and oxygen atoms in total. The minimum absolute atomic E-state index is 0.0996. The van der Waals surface area contributed by atoms with Gasteiger partial charge in [-0.25, -0.2) is 8.42 Å². The van der Waals surface area contributed by atoms with Crippen LogP contribution in [0.1, 0.15) is 0 Å². The van der Waals surface area contributed by atoms with Crippen molar-refractivity contribution in [2.45, 2.75) is 10.5 Å². The van der Waals surface area contributed by atoms with E-state index in [4.69, 9.17) is 14.2 Å². The molecule has 1 aliphatic heterocycles. The number of hydrogen-bond acceptors (Lipinski definition) is 6. The Kier molecular flexibility index (Phi) is 4.05. The van der Waals surface area contributed by atoms with E-state index in [2.05, 4.69) is 0 Å². The molecule has 0 spiro atoms. The van der Waals surface area contributed by atoms with Gasteiger partial charge in [-0.1, -0.05) is 24.3 Å². The Balaban J connectivity index is 2.17. The maximum Gasteiger partial charge on any atom is 0.271 e. The van der Waals surface area contributed by atoms with Crippen LogP contribution in [0.4, 0.5) is 5.69 Å². The molecular formula is C15H17NO5S. The molecular weight excluding hydrogens is 306 g/mol. The number of anilines is 1. The molecule has 0 aromatic heterocycles. The summed E-state index contributed by atoms with van der Waals surface area (Å²) >= 11 is 0. The fourth-order valence-corrected chi connectivity index (χ4v) is 3.90. The van der Waals surface area contributed by atoms with Crippen LogP contribution in [0.3, 0.4) is 0 Å². The normalized spacial score (nSPS) is 16.8. The molecule has 0 radical (unpaired) electrons. The molecule has 0 saturated carbocycles. The minimum atomic E-state index is -3.77. The molecule has 0 unspecified atom stereocenters. The second kappa shape index (κ2) is 5.85. The molecule has 2 aromatic rings.